The summed E-state index contributed by atoms with van der Waals surface area (Å²) in [6, 6.07) is 2.58. The van der Waals surface area contributed by atoms with Gasteiger partial charge in [-0.3, -0.25) is 9.59 Å². The lowest BCUT2D eigenvalue weighted by atomic mass is 10.0. The zero-order valence-corrected chi connectivity index (χ0v) is 28.1. The quantitative estimate of drug-likeness (QED) is 0.125. The molecule has 248 valence electrons. The fourth-order valence-corrected chi connectivity index (χ4v) is 4.11. The van der Waals surface area contributed by atoms with Gasteiger partial charge in [0, 0.05) is 36.7 Å². The number of methoxy groups -OCH3 is 2. The number of esters is 2. The molecule has 0 aliphatic rings. The fraction of sp³-hybridized carbons (Fsp3) is 0.433. The van der Waals surface area contributed by atoms with Crippen molar-refractivity contribution in [2.24, 2.45) is 0 Å². The van der Waals surface area contributed by atoms with E-state index in [1.54, 1.807) is 6.08 Å². The molecule has 2 heterocycles. The topological polar surface area (TPSA) is 208 Å². The summed E-state index contributed by atoms with van der Waals surface area (Å²) in [7, 11) is 5.88. The molecule has 0 spiro atoms. The summed E-state index contributed by atoms with van der Waals surface area (Å²) in [4.78, 5) is 66.4. The van der Waals surface area contributed by atoms with Gasteiger partial charge in [-0.1, -0.05) is 36.7 Å². The SMILES string of the molecule is CC(=O)c1c(O)cc(C(C)CCCO)oc1=O.COC(=O)/C=C/CCC(C)c1cc(O)c(C(C)=O)c(=O)o1.COC(=O)C=PP. The molecular formula is C30H40O13P2. The van der Waals surface area contributed by atoms with E-state index in [4.69, 9.17) is 13.9 Å². The lowest BCUT2D eigenvalue weighted by molar-refractivity contribution is -0.135. The van der Waals surface area contributed by atoms with E-state index in [-0.39, 0.29) is 47.0 Å². The van der Waals surface area contributed by atoms with Gasteiger partial charge in [-0.2, -0.15) is 0 Å². The maximum Gasteiger partial charge on any atom is 0.350 e. The molecule has 2 aromatic heterocycles. The average molecular weight is 671 g/mol. The van der Waals surface area contributed by atoms with Crippen LogP contribution in [-0.2, 0) is 19.1 Å². The fourth-order valence-electron chi connectivity index (χ4n) is 3.52. The van der Waals surface area contributed by atoms with Gasteiger partial charge in [0.25, 0.3) is 0 Å². The minimum atomic E-state index is -0.838. The van der Waals surface area contributed by atoms with E-state index in [0.29, 0.717) is 37.2 Å². The summed E-state index contributed by atoms with van der Waals surface area (Å²) in [6.07, 6.45) is 5.38. The molecular weight excluding hydrogens is 630 g/mol. The van der Waals surface area contributed by atoms with Crippen molar-refractivity contribution in [1.82, 2.24) is 0 Å². The van der Waals surface area contributed by atoms with E-state index in [0.717, 1.165) is 7.89 Å². The Labute approximate surface area is 264 Å². The average Bonchev–Trinajstić information content (AvgIpc) is 2.97. The van der Waals surface area contributed by atoms with Gasteiger partial charge in [0.15, 0.2) is 11.6 Å². The van der Waals surface area contributed by atoms with Gasteiger partial charge >= 0.3 is 23.2 Å². The summed E-state index contributed by atoms with van der Waals surface area (Å²) >= 11 is 0. The van der Waals surface area contributed by atoms with E-state index in [1.807, 2.05) is 13.8 Å². The van der Waals surface area contributed by atoms with Gasteiger partial charge < -0.3 is 33.6 Å². The van der Waals surface area contributed by atoms with Crippen LogP contribution in [0.25, 0.3) is 0 Å². The number of ketones is 2. The van der Waals surface area contributed by atoms with Crippen molar-refractivity contribution in [3.8, 4) is 11.5 Å². The lowest BCUT2D eigenvalue weighted by Crippen LogP contribution is -2.13. The molecule has 0 fully saturated rings. The first-order chi connectivity index (χ1) is 21.1. The van der Waals surface area contributed by atoms with Gasteiger partial charge in [-0.05, 0) is 39.5 Å². The number of allylic oxidation sites excluding steroid dienone is 1. The predicted molar refractivity (Wildman–Crippen MR) is 172 cm³/mol. The van der Waals surface area contributed by atoms with Crippen molar-refractivity contribution >= 4 is 46.1 Å². The van der Waals surface area contributed by atoms with Crippen molar-refractivity contribution in [3.05, 3.63) is 67.8 Å². The number of carbonyl (C=O) groups excluding carboxylic acids is 4. The molecule has 3 unspecified atom stereocenters. The number of aliphatic hydroxyl groups excluding tert-OH is 1. The first kappa shape index (κ1) is 41.1. The number of aliphatic hydroxyl groups is 1. The van der Waals surface area contributed by atoms with Crippen molar-refractivity contribution in [1.29, 1.82) is 0 Å². The number of Topliss-reactive ketones (excluding diaryl/α,β-unsaturated/α-hetero) is 2. The maximum atomic E-state index is 11.6. The second kappa shape index (κ2) is 21.7. The van der Waals surface area contributed by atoms with Crippen LogP contribution in [0.4, 0.5) is 0 Å². The first-order valence-corrected chi connectivity index (χ1v) is 16.1. The Balaban J connectivity index is 0.000000722. The highest BCUT2D eigenvalue weighted by molar-refractivity contribution is 8.02. The molecule has 0 aliphatic carbocycles. The Bertz CT molecular complexity index is 1470. The number of ether oxygens (including phenoxy) is 2. The van der Waals surface area contributed by atoms with Crippen LogP contribution in [0.5, 0.6) is 11.5 Å². The molecule has 3 N–H and O–H groups in total. The van der Waals surface area contributed by atoms with Crippen LogP contribution in [-0.4, -0.2) is 65.4 Å². The molecule has 45 heavy (non-hydrogen) atoms. The van der Waals surface area contributed by atoms with Crippen molar-refractivity contribution in [2.75, 3.05) is 20.8 Å². The predicted octanol–water partition coefficient (Wildman–Crippen LogP) is 4.28. The molecule has 3 atom stereocenters. The monoisotopic (exact) mass is 670 g/mol. The van der Waals surface area contributed by atoms with E-state index in [1.165, 1.54) is 52.1 Å². The summed E-state index contributed by atoms with van der Waals surface area (Å²) < 4.78 is 18.8. The first-order valence-electron chi connectivity index (χ1n) is 13.6. The van der Waals surface area contributed by atoms with E-state index >= 15 is 0 Å². The molecule has 2 rings (SSSR count). The van der Waals surface area contributed by atoms with Crippen molar-refractivity contribution < 1.29 is 52.8 Å². The van der Waals surface area contributed by atoms with Crippen LogP contribution in [0.3, 0.4) is 0 Å². The molecule has 2 aromatic rings. The van der Waals surface area contributed by atoms with Gasteiger partial charge in [0.05, 0.1) is 20.0 Å². The molecule has 15 heteroatoms. The van der Waals surface area contributed by atoms with Gasteiger partial charge in [0.2, 0.25) is 0 Å². The van der Waals surface area contributed by atoms with Crippen LogP contribution >= 0.6 is 16.8 Å². The molecule has 0 aliphatic heterocycles. The highest BCUT2D eigenvalue weighted by Gasteiger charge is 2.19. The van der Waals surface area contributed by atoms with E-state index < -0.39 is 28.8 Å². The minimum Gasteiger partial charge on any atom is -0.507 e. The highest BCUT2D eigenvalue weighted by Crippen LogP contribution is 2.25. The van der Waals surface area contributed by atoms with Crippen LogP contribution in [0, 0.1) is 0 Å². The Morgan fingerprint density at radius 1 is 0.867 bits per heavy atom. The molecule has 0 bridgehead atoms. The van der Waals surface area contributed by atoms with Crippen molar-refractivity contribution in [2.45, 2.75) is 65.2 Å². The molecule has 0 aromatic carbocycles. The largest absolute Gasteiger partial charge is 0.507 e. The zero-order chi connectivity index (χ0) is 34.7. The molecule has 0 radical (unpaired) electrons. The Kier molecular flexibility index (Phi) is 19.8. The van der Waals surface area contributed by atoms with Gasteiger partial charge in [-0.15, -0.1) is 0 Å². The smallest absolute Gasteiger partial charge is 0.350 e. The third kappa shape index (κ3) is 15.1. The van der Waals surface area contributed by atoms with Crippen LogP contribution in [0.15, 0.2) is 42.7 Å². The lowest BCUT2D eigenvalue weighted by Gasteiger charge is -2.10. The molecule has 0 saturated carbocycles. The van der Waals surface area contributed by atoms with Crippen LogP contribution < -0.4 is 11.3 Å². The summed E-state index contributed by atoms with van der Waals surface area (Å²) in [5, 5.41) is 28.0. The number of hydrogen-bond acceptors (Lipinski definition) is 13. The van der Waals surface area contributed by atoms with Crippen LogP contribution in [0.2, 0.25) is 0 Å². The summed E-state index contributed by atoms with van der Waals surface area (Å²) in [5.41, 5.74) is -2.31. The Morgan fingerprint density at radius 2 is 1.31 bits per heavy atom. The molecule has 13 nitrogen and oxygen atoms in total. The molecule has 0 amide bonds. The standard InChI is InChI=1S/C15H18O6.C12H16O5.C3H6O2P2/c1-9(6-4-5-7-13(18)20-3)12-8-11(17)14(10(2)16)15(19)21-12;1-7(4-3-5-13)10-6-9(15)11(8(2)14)12(16)17-10;1-5-3(4)2-7-6/h5,7-9,17H,4,6H2,1-3H3;6-7,13,15H,3-5H2,1-2H3;2H,6H2,1H3/b7-5+;;. The summed E-state index contributed by atoms with van der Waals surface area (Å²) in [5.74, 6) is -0.689. The van der Waals surface area contributed by atoms with E-state index in [2.05, 4.69) is 18.4 Å². The van der Waals surface area contributed by atoms with Gasteiger partial charge in [-0.25, -0.2) is 19.2 Å². The Hall–Kier alpha value is -3.92. The third-order valence-corrected chi connectivity index (χ3v) is 6.78. The second-order valence-corrected chi connectivity index (χ2v) is 10.9. The Morgan fingerprint density at radius 3 is 1.64 bits per heavy atom. The minimum absolute atomic E-state index is 0.0616. The zero-order valence-electron chi connectivity index (χ0n) is 26.0. The summed E-state index contributed by atoms with van der Waals surface area (Å²) in [6.45, 7) is 6.08. The number of aromatic hydroxyl groups is 2. The third-order valence-electron chi connectivity index (χ3n) is 5.97. The van der Waals surface area contributed by atoms with Crippen LogP contribution in [0.1, 0.15) is 97.5 Å². The van der Waals surface area contributed by atoms with Crippen molar-refractivity contribution in [3.63, 3.8) is 0 Å². The number of rotatable bonds is 12. The number of hydrogen-bond donors (Lipinski definition) is 3. The van der Waals surface area contributed by atoms with Gasteiger partial charge in [0.1, 0.15) is 34.1 Å². The van der Waals surface area contributed by atoms with E-state index in [9.17, 15) is 39.0 Å². The maximum absolute atomic E-state index is 11.6. The highest BCUT2D eigenvalue weighted by atomic mass is 32.0. The number of carbonyl (C=O) groups is 4. The second-order valence-electron chi connectivity index (χ2n) is 9.48. The normalized spacial score (nSPS) is 11.9. The molecule has 0 saturated heterocycles.